The molecular formula is C11H12O2Rb-. The molecule has 2 nitrogen and oxygen atoms in total. The first-order chi connectivity index (χ1) is 5.74. The third-order valence-corrected chi connectivity index (χ3v) is 1.79. The second-order valence-electron chi connectivity index (χ2n) is 2.60. The predicted octanol–water partition coefficient (Wildman–Crippen LogP) is -0.903. The van der Waals surface area contributed by atoms with Crippen molar-refractivity contribution < 1.29 is 63.7 Å². The molecule has 0 aliphatic heterocycles. The van der Waals surface area contributed by atoms with Crippen molar-refractivity contribution in [1.82, 2.24) is 0 Å². The largest absolute Gasteiger partial charge is 1.00 e. The summed E-state index contributed by atoms with van der Waals surface area (Å²) in [5.74, 6) is 0. The minimum absolute atomic E-state index is 0. The zero-order valence-electron chi connectivity index (χ0n) is 8.74. The van der Waals surface area contributed by atoms with E-state index < -0.39 is 0 Å². The van der Waals surface area contributed by atoms with Crippen LogP contribution in [0.15, 0.2) is 35.1 Å². The number of rotatable bonds is 1. The van der Waals surface area contributed by atoms with Gasteiger partial charge in [0, 0.05) is 0 Å². The molecule has 0 spiro atoms. The van der Waals surface area contributed by atoms with Gasteiger partial charge in [-0.2, -0.15) is 12.1 Å². The van der Waals surface area contributed by atoms with Crippen LogP contribution in [0.3, 0.4) is 0 Å². The van der Waals surface area contributed by atoms with E-state index in [1.807, 2.05) is 32.1 Å². The quantitative estimate of drug-likeness (QED) is 0.615. The zero-order valence-corrected chi connectivity index (χ0v) is 13.7. The van der Waals surface area contributed by atoms with Crippen molar-refractivity contribution in [2.75, 3.05) is 0 Å². The van der Waals surface area contributed by atoms with Crippen LogP contribution in [0.4, 0.5) is 0 Å². The SMILES string of the molecule is C/C=C(\C)c1cc[c-]c(=O)cc1.[OH-].[Rb+]. The van der Waals surface area contributed by atoms with E-state index in [-0.39, 0.29) is 69.1 Å². The van der Waals surface area contributed by atoms with E-state index in [2.05, 4.69) is 6.07 Å². The van der Waals surface area contributed by atoms with E-state index in [0.717, 1.165) is 5.56 Å². The monoisotopic (exact) mass is 261 g/mol. The second-order valence-corrected chi connectivity index (χ2v) is 2.60. The predicted molar refractivity (Wildman–Crippen MR) is 52.8 cm³/mol. The van der Waals surface area contributed by atoms with Crippen LogP contribution < -0.4 is 63.6 Å². The average Bonchev–Trinajstić information content (AvgIpc) is 2.29. The van der Waals surface area contributed by atoms with Gasteiger partial charge in [-0.05, 0) is 13.8 Å². The third kappa shape index (κ3) is 5.32. The molecule has 0 heterocycles. The summed E-state index contributed by atoms with van der Waals surface area (Å²) < 4.78 is 0. The van der Waals surface area contributed by atoms with E-state index in [9.17, 15) is 4.79 Å². The van der Waals surface area contributed by atoms with Gasteiger partial charge in [0.1, 0.15) is 0 Å². The molecule has 14 heavy (non-hydrogen) atoms. The minimum Gasteiger partial charge on any atom is -0.870 e. The number of hydrogen-bond donors (Lipinski definition) is 0. The zero-order chi connectivity index (χ0) is 8.97. The molecule has 1 N–H and O–H groups in total. The van der Waals surface area contributed by atoms with Gasteiger partial charge in [0.2, 0.25) is 0 Å². The molecule has 0 saturated heterocycles. The van der Waals surface area contributed by atoms with Crippen molar-refractivity contribution in [3.63, 3.8) is 0 Å². The second kappa shape index (κ2) is 8.68. The summed E-state index contributed by atoms with van der Waals surface area (Å²) in [4.78, 5) is 10.9. The smallest absolute Gasteiger partial charge is 0.870 e. The fraction of sp³-hybridized carbons (Fsp3) is 0.182. The van der Waals surface area contributed by atoms with Gasteiger partial charge in [0.15, 0.2) is 0 Å². The molecule has 1 aromatic carbocycles. The summed E-state index contributed by atoms with van der Waals surface area (Å²) >= 11 is 0. The van der Waals surface area contributed by atoms with E-state index in [4.69, 9.17) is 0 Å². The van der Waals surface area contributed by atoms with Crippen LogP contribution in [0.25, 0.3) is 5.57 Å². The molecule has 1 rings (SSSR count). The molecule has 0 amide bonds. The van der Waals surface area contributed by atoms with Crippen LogP contribution in [-0.4, -0.2) is 5.48 Å². The standard InChI is InChI=1S/C11H11O.H2O.Rb/c1-3-9(2)10-5-4-6-11(12)8-7-10;;/h3-5,7-8H,1-2H3;1H2;/q-1;;+1/p-1/b9-3+;;. The molecule has 0 fully saturated rings. The summed E-state index contributed by atoms with van der Waals surface area (Å²) in [6.07, 6.45) is 2.01. The maximum absolute atomic E-state index is 10.9. The van der Waals surface area contributed by atoms with E-state index in [1.165, 1.54) is 11.6 Å². The molecule has 0 saturated carbocycles. The molecule has 0 unspecified atom stereocenters. The Morgan fingerprint density at radius 1 is 1.36 bits per heavy atom. The van der Waals surface area contributed by atoms with E-state index in [0.29, 0.717) is 0 Å². The normalized spacial score (nSPS) is 9.71. The van der Waals surface area contributed by atoms with Crippen molar-refractivity contribution in [2.24, 2.45) is 0 Å². The Labute approximate surface area is 133 Å². The van der Waals surface area contributed by atoms with Crippen molar-refractivity contribution in [2.45, 2.75) is 13.8 Å². The summed E-state index contributed by atoms with van der Waals surface area (Å²) in [6, 6.07) is 9.49. The summed E-state index contributed by atoms with van der Waals surface area (Å²) in [6.45, 7) is 3.99. The van der Waals surface area contributed by atoms with Crippen molar-refractivity contribution in [1.29, 1.82) is 0 Å². The van der Waals surface area contributed by atoms with Gasteiger partial charge < -0.3 is 10.3 Å². The first-order valence-electron chi connectivity index (χ1n) is 3.89. The molecule has 0 aliphatic carbocycles. The number of hydrogen-bond acceptors (Lipinski definition) is 2. The van der Waals surface area contributed by atoms with Gasteiger partial charge in [-0.25, -0.2) is 0 Å². The Bertz CT molecular complexity index is 358. The van der Waals surface area contributed by atoms with Crippen LogP contribution >= 0.6 is 0 Å². The minimum atomic E-state index is -0.0786. The van der Waals surface area contributed by atoms with E-state index >= 15 is 0 Å². The van der Waals surface area contributed by atoms with Crippen LogP contribution in [-0.2, 0) is 0 Å². The number of allylic oxidation sites excluding steroid dienone is 2. The van der Waals surface area contributed by atoms with Gasteiger partial charge in [-0.3, -0.25) is 0 Å². The first-order valence-corrected chi connectivity index (χ1v) is 3.89. The van der Waals surface area contributed by atoms with Gasteiger partial charge >= 0.3 is 58.2 Å². The first kappa shape index (κ1) is 16.8. The van der Waals surface area contributed by atoms with Crippen molar-refractivity contribution in [3.05, 3.63) is 52.2 Å². The molecule has 1 aromatic rings. The Hall–Kier alpha value is 0.395. The summed E-state index contributed by atoms with van der Waals surface area (Å²) in [5.41, 5.74) is 2.15. The maximum atomic E-state index is 10.9. The van der Waals surface area contributed by atoms with Crippen molar-refractivity contribution in [3.8, 4) is 0 Å². The molecule has 70 valence electrons. The van der Waals surface area contributed by atoms with E-state index in [1.54, 1.807) is 6.07 Å². The van der Waals surface area contributed by atoms with Crippen LogP contribution in [0.1, 0.15) is 19.4 Å². The summed E-state index contributed by atoms with van der Waals surface area (Å²) in [5, 5.41) is 0. The van der Waals surface area contributed by atoms with Crippen LogP contribution in [0.5, 0.6) is 0 Å². The Balaban J connectivity index is 0. The van der Waals surface area contributed by atoms with Crippen molar-refractivity contribution >= 4 is 5.57 Å². The van der Waals surface area contributed by atoms with Crippen LogP contribution in [0, 0.1) is 6.07 Å². The molecule has 0 atom stereocenters. The molecular weight excluding hydrogens is 250 g/mol. The Kier molecular flexibility index (Phi) is 10.4. The fourth-order valence-electron chi connectivity index (χ4n) is 0.912. The van der Waals surface area contributed by atoms with Gasteiger partial charge in [0.25, 0.3) is 0 Å². The Morgan fingerprint density at radius 3 is 2.57 bits per heavy atom. The molecule has 3 heteroatoms. The average molecular weight is 262 g/mol. The summed E-state index contributed by atoms with van der Waals surface area (Å²) in [7, 11) is 0. The molecule has 0 aromatic heterocycles. The van der Waals surface area contributed by atoms with Gasteiger partial charge in [-0.1, -0.05) is 17.2 Å². The fourth-order valence-corrected chi connectivity index (χ4v) is 0.912. The third-order valence-electron chi connectivity index (χ3n) is 1.79. The van der Waals surface area contributed by atoms with Gasteiger partial charge in [-0.15, -0.1) is 18.2 Å². The maximum Gasteiger partial charge on any atom is 1.00 e. The molecule has 0 bridgehead atoms. The molecule has 0 radical (unpaired) electrons. The van der Waals surface area contributed by atoms with Crippen LogP contribution in [0.2, 0.25) is 0 Å². The topological polar surface area (TPSA) is 47.1 Å². The van der Waals surface area contributed by atoms with Gasteiger partial charge in [0.05, 0.1) is 5.43 Å². The molecule has 0 aliphatic rings. The Morgan fingerprint density at radius 2 is 2.00 bits per heavy atom.